The highest BCUT2D eigenvalue weighted by molar-refractivity contribution is 9.10. The van der Waals surface area contributed by atoms with Gasteiger partial charge in [-0.15, -0.1) is 0 Å². The minimum absolute atomic E-state index is 0.0192. The van der Waals surface area contributed by atoms with E-state index >= 15 is 0 Å². The third-order valence-electron chi connectivity index (χ3n) is 3.49. The average molecular weight is 447 g/mol. The number of alkyl halides is 3. The summed E-state index contributed by atoms with van der Waals surface area (Å²) in [5, 5.41) is 0. The first-order chi connectivity index (χ1) is 12.7. The molecule has 2 aromatic carbocycles. The number of ether oxygens (including phenoxy) is 1. The van der Waals surface area contributed by atoms with Crippen LogP contribution in [0.3, 0.4) is 0 Å². The second kappa shape index (κ2) is 7.15. The van der Waals surface area contributed by atoms with Crippen LogP contribution in [-0.4, -0.2) is 6.29 Å². The van der Waals surface area contributed by atoms with Crippen molar-refractivity contribution in [3.63, 3.8) is 0 Å². The van der Waals surface area contributed by atoms with Gasteiger partial charge in [0.15, 0.2) is 29.4 Å². The van der Waals surface area contributed by atoms with Crippen molar-refractivity contribution in [1.29, 1.82) is 0 Å². The number of carbonyl (C=O) groups is 1. The summed E-state index contributed by atoms with van der Waals surface area (Å²) >= 11 is 3.17. The number of furan rings is 1. The Kier molecular flexibility index (Phi) is 5.05. The van der Waals surface area contributed by atoms with Crippen molar-refractivity contribution in [2.24, 2.45) is 0 Å². The Labute approximate surface area is 157 Å². The van der Waals surface area contributed by atoms with E-state index in [9.17, 15) is 26.7 Å². The number of hydrogen-bond donors (Lipinski definition) is 0. The fraction of sp³-hybridized carbons (Fsp3) is 0.0556. The molecule has 27 heavy (non-hydrogen) atoms. The summed E-state index contributed by atoms with van der Waals surface area (Å²) in [6.45, 7) is 0. The Morgan fingerprint density at radius 1 is 1.00 bits per heavy atom. The molecule has 3 nitrogen and oxygen atoms in total. The van der Waals surface area contributed by atoms with Crippen molar-refractivity contribution in [3.8, 4) is 22.8 Å². The molecule has 0 saturated heterocycles. The number of carbonyl (C=O) groups excluding carboxylic acids is 1. The maximum Gasteiger partial charge on any atom is 0.416 e. The van der Waals surface area contributed by atoms with E-state index in [1.807, 2.05) is 0 Å². The normalized spacial score (nSPS) is 11.5. The summed E-state index contributed by atoms with van der Waals surface area (Å²) < 4.78 is 77.1. The Morgan fingerprint density at radius 3 is 2.22 bits per heavy atom. The highest BCUT2D eigenvalue weighted by atomic mass is 79.9. The number of rotatable bonds is 4. The van der Waals surface area contributed by atoms with Crippen LogP contribution in [0.4, 0.5) is 22.0 Å². The molecule has 0 unspecified atom stereocenters. The van der Waals surface area contributed by atoms with E-state index in [2.05, 4.69) is 15.9 Å². The monoisotopic (exact) mass is 446 g/mol. The van der Waals surface area contributed by atoms with Crippen molar-refractivity contribution in [3.05, 3.63) is 69.9 Å². The molecule has 0 radical (unpaired) electrons. The lowest BCUT2D eigenvalue weighted by molar-refractivity contribution is -0.138. The fourth-order valence-corrected chi connectivity index (χ4v) is 2.62. The lowest BCUT2D eigenvalue weighted by Gasteiger charge is -2.14. The molecule has 0 aliphatic rings. The van der Waals surface area contributed by atoms with Crippen LogP contribution in [0.25, 0.3) is 11.3 Å². The van der Waals surface area contributed by atoms with Gasteiger partial charge in [-0.1, -0.05) is 15.9 Å². The third-order valence-corrected chi connectivity index (χ3v) is 3.98. The van der Waals surface area contributed by atoms with Gasteiger partial charge < -0.3 is 9.15 Å². The van der Waals surface area contributed by atoms with Crippen LogP contribution in [0, 0.1) is 11.6 Å². The van der Waals surface area contributed by atoms with Gasteiger partial charge in [0.2, 0.25) is 0 Å². The highest BCUT2D eigenvalue weighted by Crippen LogP contribution is 2.40. The first-order valence-corrected chi connectivity index (χ1v) is 8.07. The van der Waals surface area contributed by atoms with Crippen LogP contribution in [-0.2, 0) is 6.18 Å². The average Bonchev–Trinajstić information content (AvgIpc) is 3.06. The van der Waals surface area contributed by atoms with Gasteiger partial charge in [0, 0.05) is 4.47 Å². The summed E-state index contributed by atoms with van der Waals surface area (Å²) in [7, 11) is 0. The topological polar surface area (TPSA) is 39.4 Å². The highest BCUT2D eigenvalue weighted by Gasteiger charge is 2.33. The summed E-state index contributed by atoms with van der Waals surface area (Å²) in [4.78, 5) is 10.8. The Morgan fingerprint density at radius 2 is 1.67 bits per heavy atom. The Bertz CT molecular complexity index is 987. The summed E-state index contributed by atoms with van der Waals surface area (Å²) in [5.41, 5.74) is -1.23. The summed E-state index contributed by atoms with van der Waals surface area (Å²) in [5.74, 6) is -3.92. The van der Waals surface area contributed by atoms with E-state index < -0.39 is 29.1 Å². The van der Waals surface area contributed by atoms with Crippen molar-refractivity contribution < 1.29 is 35.9 Å². The molecular formula is C18H8BrF5O3. The minimum Gasteiger partial charge on any atom is -0.453 e. The molecule has 1 aromatic heterocycles. The van der Waals surface area contributed by atoms with E-state index in [0.717, 1.165) is 0 Å². The molecule has 0 atom stereocenters. The van der Waals surface area contributed by atoms with Gasteiger partial charge >= 0.3 is 6.18 Å². The molecule has 3 rings (SSSR count). The zero-order chi connectivity index (χ0) is 19.8. The van der Waals surface area contributed by atoms with Gasteiger partial charge in [0.05, 0.1) is 11.1 Å². The second-order valence-electron chi connectivity index (χ2n) is 5.33. The summed E-state index contributed by atoms with van der Waals surface area (Å²) in [6, 6.07) is 7.56. The first-order valence-electron chi connectivity index (χ1n) is 7.28. The lowest BCUT2D eigenvalue weighted by atomic mass is 10.1. The molecule has 140 valence electrons. The van der Waals surface area contributed by atoms with E-state index in [0.29, 0.717) is 10.8 Å². The zero-order valence-corrected chi connectivity index (χ0v) is 14.7. The molecule has 0 aliphatic heterocycles. The molecule has 3 aromatic rings. The van der Waals surface area contributed by atoms with Crippen LogP contribution in [0.1, 0.15) is 16.1 Å². The predicted octanol–water partition coefficient (Wildman–Crippen LogP) is 6.61. The molecule has 9 heteroatoms. The largest absolute Gasteiger partial charge is 0.453 e. The van der Waals surface area contributed by atoms with Crippen LogP contribution in [0.2, 0.25) is 0 Å². The van der Waals surface area contributed by atoms with Crippen molar-refractivity contribution in [2.45, 2.75) is 6.18 Å². The van der Waals surface area contributed by atoms with E-state index in [4.69, 9.17) is 9.15 Å². The molecule has 0 bridgehead atoms. The lowest BCUT2D eigenvalue weighted by Crippen LogP contribution is -2.07. The molecule has 0 saturated carbocycles. The zero-order valence-electron chi connectivity index (χ0n) is 13.1. The van der Waals surface area contributed by atoms with Gasteiger partial charge in [-0.3, -0.25) is 4.79 Å². The summed E-state index contributed by atoms with van der Waals surface area (Å²) in [6.07, 6.45) is -4.43. The Hall–Kier alpha value is -2.68. The smallest absolute Gasteiger partial charge is 0.416 e. The molecule has 1 heterocycles. The van der Waals surface area contributed by atoms with E-state index in [1.165, 1.54) is 24.3 Å². The second-order valence-corrected chi connectivity index (χ2v) is 6.24. The van der Waals surface area contributed by atoms with Crippen LogP contribution in [0.5, 0.6) is 11.5 Å². The molecule has 0 fully saturated rings. The van der Waals surface area contributed by atoms with Gasteiger partial charge in [0.25, 0.3) is 0 Å². The van der Waals surface area contributed by atoms with Crippen LogP contribution in [0.15, 0.2) is 51.4 Å². The van der Waals surface area contributed by atoms with E-state index in [1.54, 1.807) is 6.07 Å². The number of aldehydes is 1. The maximum atomic E-state index is 14.1. The molecule has 0 aliphatic carbocycles. The van der Waals surface area contributed by atoms with Crippen molar-refractivity contribution in [1.82, 2.24) is 0 Å². The van der Waals surface area contributed by atoms with E-state index in [-0.39, 0.29) is 35.0 Å². The Balaban J connectivity index is 2.06. The number of halogens is 6. The number of benzene rings is 2. The minimum atomic E-state index is -4.90. The standard InChI is InChI=1S/C18H8BrF5O3/c19-10-1-3-12(15-4-2-11(8-25)26-15)16(7-10)27-17-13(20)5-9(6-14(17)21)18(22,23)24/h1-8H. The SMILES string of the molecule is O=Cc1ccc(-c2ccc(Br)cc2Oc2c(F)cc(C(F)(F)F)cc2F)o1. The van der Waals surface area contributed by atoms with Gasteiger partial charge in [-0.25, -0.2) is 8.78 Å². The van der Waals surface area contributed by atoms with Gasteiger partial charge in [0.1, 0.15) is 11.5 Å². The van der Waals surface area contributed by atoms with Gasteiger partial charge in [-0.2, -0.15) is 13.2 Å². The quantitative estimate of drug-likeness (QED) is 0.334. The van der Waals surface area contributed by atoms with Crippen molar-refractivity contribution >= 4 is 22.2 Å². The number of hydrogen-bond acceptors (Lipinski definition) is 3. The molecule has 0 N–H and O–H groups in total. The van der Waals surface area contributed by atoms with Crippen molar-refractivity contribution in [2.75, 3.05) is 0 Å². The van der Waals surface area contributed by atoms with Gasteiger partial charge in [-0.05, 0) is 42.5 Å². The predicted molar refractivity (Wildman–Crippen MR) is 88.7 cm³/mol. The molecule has 0 amide bonds. The molecular weight excluding hydrogens is 439 g/mol. The third kappa shape index (κ3) is 4.02. The fourth-order valence-electron chi connectivity index (χ4n) is 2.28. The maximum absolute atomic E-state index is 14.1. The molecule has 0 spiro atoms. The van der Waals surface area contributed by atoms with Crippen LogP contribution < -0.4 is 4.74 Å². The van der Waals surface area contributed by atoms with Crippen LogP contribution >= 0.6 is 15.9 Å². The first kappa shape index (κ1) is 19.1.